The Labute approximate surface area is 565 Å². The molecule has 98 heavy (non-hydrogen) atoms. The lowest BCUT2D eigenvalue weighted by Crippen LogP contribution is -2.72. The molecule has 0 aliphatic carbocycles. The molecule has 560 valence electrons. The second kappa shape index (κ2) is 38.0. The first-order valence-electron chi connectivity index (χ1n) is 33.2. The van der Waals surface area contributed by atoms with Gasteiger partial charge in [0.25, 0.3) is 5.91 Å². The van der Waals surface area contributed by atoms with Gasteiger partial charge in [-0.1, -0.05) is 64.4 Å². The van der Waals surface area contributed by atoms with E-state index in [9.17, 15) is 95.5 Å². The number of hydrogen-bond donors (Lipinski definition) is 19. The monoisotopic (exact) mass is 1410 g/mol. The lowest BCUT2D eigenvalue weighted by molar-refractivity contribution is -0.368. The predicted octanol–water partition coefficient (Wildman–Crippen LogP) is -7.15. The summed E-state index contributed by atoms with van der Waals surface area (Å²) in [6, 6.07) is -2.45. The minimum absolute atomic E-state index is 0.0594. The number of nitrogens with one attached hydrogen (secondary N) is 5. The predicted molar refractivity (Wildman–Crippen MR) is 329 cm³/mol. The van der Waals surface area contributed by atoms with E-state index in [4.69, 9.17) is 56.8 Å². The molecule has 6 aliphatic heterocycles. The molecule has 7 rings (SSSR count). The first-order valence-corrected chi connectivity index (χ1v) is 33.2. The van der Waals surface area contributed by atoms with Gasteiger partial charge < -0.3 is 155 Å². The van der Waals surface area contributed by atoms with E-state index in [1.54, 1.807) is 12.1 Å². The summed E-state index contributed by atoms with van der Waals surface area (Å²) in [5.41, 5.74) is 0.0594. The van der Waals surface area contributed by atoms with Gasteiger partial charge in [0.2, 0.25) is 23.6 Å². The van der Waals surface area contributed by atoms with Gasteiger partial charge in [0.15, 0.2) is 37.7 Å². The molecule has 0 aromatic heterocycles. The summed E-state index contributed by atoms with van der Waals surface area (Å²) in [6.45, 7) is 3.38. The fourth-order valence-corrected chi connectivity index (χ4v) is 12.7. The number of hydrogen-bond acceptors (Lipinski definition) is 31. The Hall–Kier alpha value is -4.63. The molecule has 36 heteroatoms. The molecule has 6 fully saturated rings. The van der Waals surface area contributed by atoms with Gasteiger partial charge in [-0.25, -0.2) is 0 Å². The highest BCUT2D eigenvalue weighted by molar-refractivity contribution is 5.94. The second-order valence-electron chi connectivity index (χ2n) is 25.4. The number of benzene rings is 1. The molecule has 0 bridgehead atoms. The largest absolute Gasteiger partial charge is 0.494 e. The number of unbranched alkanes of at least 4 members (excludes halogenated alkanes) is 8. The smallest absolute Gasteiger partial charge is 0.251 e. The van der Waals surface area contributed by atoms with Crippen LogP contribution < -0.4 is 31.3 Å². The molecular formula is C62H101N5O31. The average Bonchev–Trinajstić information content (AvgIpc) is 0.772. The molecular weight excluding hydrogens is 1310 g/mol. The fourth-order valence-electron chi connectivity index (χ4n) is 12.7. The summed E-state index contributed by atoms with van der Waals surface area (Å²) in [5.74, 6) is -3.68. The van der Waals surface area contributed by atoms with Crippen LogP contribution in [0.5, 0.6) is 5.75 Å². The van der Waals surface area contributed by atoms with Gasteiger partial charge in [-0.15, -0.1) is 0 Å². The Morgan fingerprint density at radius 2 is 0.816 bits per heavy atom. The quantitative estimate of drug-likeness (QED) is 0.0298. The molecule has 14 unspecified atom stereocenters. The Bertz CT molecular complexity index is 2660. The molecule has 36 nitrogen and oxygen atoms in total. The van der Waals surface area contributed by atoms with Crippen LogP contribution in [0.4, 0.5) is 0 Å². The zero-order valence-electron chi connectivity index (χ0n) is 55.4. The molecule has 1 aromatic rings. The highest BCUT2D eigenvalue weighted by Crippen LogP contribution is 2.37. The van der Waals surface area contributed by atoms with Gasteiger partial charge in [-0.3, -0.25) is 24.0 Å². The topological polar surface area (TPSA) is 539 Å². The molecule has 0 saturated carbocycles. The van der Waals surface area contributed by atoms with Crippen molar-refractivity contribution in [2.75, 3.05) is 39.6 Å². The second-order valence-corrected chi connectivity index (χ2v) is 25.4. The fraction of sp³-hybridized carbons (Fsp3) is 0.823. The first-order chi connectivity index (χ1) is 46.7. The number of aliphatic hydroxyl groups excluding tert-OH is 14. The van der Waals surface area contributed by atoms with Gasteiger partial charge in [0.1, 0.15) is 146 Å². The standard InChI is InChI=1S/C62H101N5O31/c1-7-8-9-10-11-12-13-14-15-19-87-32-18-16-17-31(20-32)56(85)67-39-45(78)44(77)33(21-68)91-58(39)95-52-34(22-69)92-59(40(47(52)80)64-28(4)73)96-53-35(23-70)93-60(41(48(53)81)65-29(5)74)97-54-36(24-71)94-61(42(49(54)82)66-30(6)75)98-55-37(90-57(86)38(46(55)79)63-27(3)72)25-88-62-51(84)50(83)43(76)26(2)89-62/h16-18,20,26,33-55,57-62,68-71,76-84,86H,7-15,19,21-25H2,1-6H3,(H,63,72)(H,64,73)(H,65,74)(H,66,75)(H,67,85)/t26?,33?,34-,35?,36-,37?,38-,39-,40?,41-,42?,43?,44+,45+,46+,47?,48+,49?,50-,51+,52+,53?,54+,55?,57?,58?,59-,60-,61?,62+/m0/s1. The highest BCUT2D eigenvalue weighted by atomic mass is 16.8. The van der Waals surface area contributed by atoms with Crippen molar-refractivity contribution in [2.24, 2.45) is 0 Å². The van der Waals surface area contributed by atoms with Crippen molar-refractivity contribution < 1.29 is 152 Å². The van der Waals surface area contributed by atoms with Gasteiger partial charge in [0, 0.05) is 33.3 Å². The third kappa shape index (κ3) is 20.6. The number of carbonyl (C=O) groups excluding carboxylic acids is 5. The van der Waals surface area contributed by atoms with Crippen molar-refractivity contribution in [3.8, 4) is 5.75 Å². The van der Waals surface area contributed by atoms with Crippen molar-refractivity contribution in [3.63, 3.8) is 0 Å². The van der Waals surface area contributed by atoms with E-state index < -0.39 is 246 Å². The minimum atomic E-state index is -2.07. The van der Waals surface area contributed by atoms with E-state index in [-0.39, 0.29) is 5.56 Å². The number of amides is 5. The number of aliphatic hydroxyl groups is 14. The SMILES string of the molecule is CCCCCCCCCCCOc1cccc(C(=O)N[C@@H]2C(O[C@H]3C(O)C(NC(C)=O)[C@H](OC4C(CO)O[C@@H](O[C@H]5C(O)C(NC(C)=O)C(OC6C(CO[C@@H]7OC(C)C(O)[C@H](O)[C@H]7O)OC(O)[C@@H](NC(C)=O)[C@H]6O)O[C@H]5CO)[C@@H](NC(C)=O)[C@H]4O)O[C@H]3CO)OC(CO)[C@@H](O)[C@@H]2O)c1. The Morgan fingerprint density at radius 3 is 1.26 bits per heavy atom. The van der Waals surface area contributed by atoms with Crippen LogP contribution in [0.3, 0.4) is 0 Å². The van der Waals surface area contributed by atoms with Crippen molar-refractivity contribution in [2.45, 2.75) is 283 Å². The van der Waals surface area contributed by atoms with Crippen LogP contribution >= 0.6 is 0 Å². The number of carbonyl (C=O) groups is 5. The van der Waals surface area contributed by atoms with E-state index >= 15 is 0 Å². The van der Waals surface area contributed by atoms with E-state index in [0.717, 1.165) is 53.4 Å². The molecule has 30 atom stereocenters. The number of rotatable bonds is 32. The maximum absolute atomic E-state index is 14.0. The molecule has 0 radical (unpaired) electrons. The average molecular weight is 1410 g/mol. The zero-order valence-corrected chi connectivity index (χ0v) is 55.4. The molecule has 6 heterocycles. The highest BCUT2D eigenvalue weighted by Gasteiger charge is 2.58. The summed E-state index contributed by atoms with van der Waals surface area (Å²) in [7, 11) is 0. The van der Waals surface area contributed by atoms with Gasteiger partial charge in [-0.2, -0.15) is 0 Å². The third-order valence-electron chi connectivity index (χ3n) is 17.9. The van der Waals surface area contributed by atoms with Gasteiger partial charge in [-0.05, 0) is 31.5 Å². The van der Waals surface area contributed by atoms with Crippen LogP contribution in [-0.2, 0) is 71.3 Å². The summed E-state index contributed by atoms with van der Waals surface area (Å²) in [5, 5.41) is 168. The third-order valence-corrected chi connectivity index (χ3v) is 17.9. The van der Waals surface area contributed by atoms with E-state index in [1.165, 1.54) is 51.2 Å². The van der Waals surface area contributed by atoms with Crippen LogP contribution in [0.25, 0.3) is 0 Å². The van der Waals surface area contributed by atoms with E-state index in [0.29, 0.717) is 12.4 Å². The minimum Gasteiger partial charge on any atom is -0.494 e. The molecule has 6 aliphatic rings. The van der Waals surface area contributed by atoms with E-state index in [1.807, 2.05) is 0 Å². The van der Waals surface area contributed by atoms with Gasteiger partial charge in [0.05, 0.1) is 45.7 Å². The maximum atomic E-state index is 14.0. The Balaban J connectivity index is 1.07. The summed E-state index contributed by atoms with van der Waals surface area (Å²) in [4.78, 5) is 65.0. The molecule has 6 saturated heterocycles. The number of ether oxygens (including phenoxy) is 12. The zero-order chi connectivity index (χ0) is 71.8. The summed E-state index contributed by atoms with van der Waals surface area (Å²) < 4.78 is 72.0. The summed E-state index contributed by atoms with van der Waals surface area (Å²) in [6.07, 6.45) is -34.9. The molecule has 1 aromatic carbocycles. The normalized spacial score (nSPS) is 39.8. The van der Waals surface area contributed by atoms with Crippen molar-refractivity contribution >= 4 is 29.5 Å². The Morgan fingerprint density at radius 1 is 0.418 bits per heavy atom. The molecule has 0 spiro atoms. The van der Waals surface area contributed by atoms with E-state index in [2.05, 4.69) is 33.5 Å². The van der Waals surface area contributed by atoms with Crippen LogP contribution in [0, 0.1) is 0 Å². The van der Waals surface area contributed by atoms with Crippen molar-refractivity contribution in [1.29, 1.82) is 0 Å². The van der Waals surface area contributed by atoms with Crippen LogP contribution in [0.2, 0.25) is 0 Å². The molecule has 19 N–H and O–H groups in total. The van der Waals surface area contributed by atoms with Crippen molar-refractivity contribution in [1.82, 2.24) is 26.6 Å². The lowest BCUT2D eigenvalue weighted by atomic mass is 9.93. The summed E-state index contributed by atoms with van der Waals surface area (Å²) >= 11 is 0. The van der Waals surface area contributed by atoms with Gasteiger partial charge >= 0.3 is 0 Å². The van der Waals surface area contributed by atoms with Crippen LogP contribution in [0.15, 0.2) is 24.3 Å². The first kappa shape index (κ1) is 80.7. The van der Waals surface area contributed by atoms with Crippen molar-refractivity contribution in [3.05, 3.63) is 29.8 Å². The molecule has 5 amide bonds. The van der Waals surface area contributed by atoms with Crippen LogP contribution in [-0.4, -0.2) is 325 Å². The Kier molecular flexibility index (Phi) is 31.3. The maximum Gasteiger partial charge on any atom is 0.251 e. The lowest BCUT2D eigenvalue weighted by Gasteiger charge is -2.51. The van der Waals surface area contributed by atoms with Crippen LogP contribution in [0.1, 0.15) is 110 Å².